The van der Waals surface area contributed by atoms with Gasteiger partial charge in [0.1, 0.15) is 16.8 Å². The van der Waals surface area contributed by atoms with Crippen LogP contribution in [0.3, 0.4) is 0 Å². The van der Waals surface area contributed by atoms with Crippen LogP contribution in [-0.4, -0.2) is 33.3 Å². The third-order valence-corrected chi connectivity index (χ3v) is 5.96. The molecule has 2 unspecified atom stereocenters. The van der Waals surface area contributed by atoms with Gasteiger partial charge in [-0.1, -0.05) is 78.8 Å². The van der Waals surface area contributed by atoms with Crippen molar-refractivity contribution in [2.75, 3.05) is 13.2 Å². The Labute approximate surface area is 206 Å². The number of nitrogens with zero attached hydrogens (tertiary/aromatic N) is 3. The molecule has 0 radical (unpaired) electrons. The second-order valence-corrected chi connectivity index (χ2v) is 11.5. The number of benzene rings is 2. The van der Waals surface area contributed by atoms with Gasteiger partial charge in [-0.3, -0.25) is 0 Å². The molecule has 5 nitrogen and oxygen atoms in total. The van der Waals surface area contributed by atoms with Crippen molar-refractivity contribution >= 4 is 11.0 Å². The van der Waals surface area contributed by atoms with Crippen molar-refractivity contribution in [2.24, 2.45) is 16.7 Å². The maximum atomic E-state index is 9.20. The first-order valence-electron chi connectivity index (χ1n) is 12.6. The Kier molecular flexibility index (Phi) is 10.1. The van der Waals surface area contributed by atoms with E-state index in [0.717, 1.165) is 36.2 Å². The van der Waals surface area contributed by atoms with Crippen molar-refractivity contribution in [3.05, 3.63) is 54.1 Å². The molecule has 2 atom stereocenters. The van der Waals surface area contributed by atoms with Crippen LogP contribution in [0.5, 0.6) is 5.75 Å². The van der Waals surface area contributed by atoms with Gasteiger partial charge in [0.05, 0.1) is 13.2 Å². The van der Waals surface area contributed by atoms with E-state index >= 15 is 0 Å². The summed E-state index contributed by atoms with van der Waals surface area (Å²) in [6, 6.07) is 16.5. The molecule has 3 aromatic rings. The number of aromatic nitrogens is 3. The van der Waals surface area contributed by atoms with Crippen LogP contribution in [0.15, 0.2) is 48.5 Å². The average Bonchev–Trinajstić information content (AvgIpc) is 3.18. The van der Waals surface area contributed by atoms with Crippen LogP contribution in [-0.2, 0) is 6.54 Å². The molecule has 0 aliphatic heterocycles. The minimum absolute atomic E-state index is 0.241. The first-order chi connectivity index (χ1) is 15.9. The number of aliphatic hydroxyl groups excluding tert-OH is 1. The van der Waals surface area contributed by atoms with Gasteiger partial charge in [0.2, 0.25) is 0 Å². The van der Waals surface area contributed by atoms with Crippen molar-refractivity contribution in [1.29, 1.82) is 0 Å². The van der Waals surface area contributed by atoms with Gasteiger partial charge >= 0.3 is 0 Å². The van der Waals surface area contributed by atoms with Crippen molar-refractivity contribution < 1.29 is 9.84 Å². The van der Waals surface area contributed by atoms with Gasteiger partial charge in [-0.15, -0.1) is 0 Å². The summed E-state index contributed by atoms with van der Waals surface area (Å²) in [6.45, 7) is 19.4. The fraction of sp³-hybridized carbons (Fsp3) is 0.586. The Morgan fingerprint density at radius 2 is 1.59 bits per heavy atom. The molecule has 5 heteroatoms. The highest BCUT2D eigenvalue weighted by molar-refractivity contribution is 5.75. The molecule has 188 valence electrons. The molecule has 1 N–H and O–H groups in total. The summed E-state index contributed by atoms with van der Waals surface area (Å²) in [5.41, 5.74) is 3.75. The van der Waals surface area contributed by atoms with E-state index in [1.165, 1.54) is 5.56 Å². The van der Waals surface area contributed by atoms with E-state index < -0.39 is 0 Å². The molecular formula is C29H45N3O2. The van der Waals surface area contributed by atoms with Crippen molar-refractivity contribution in [3.63, 3.8) is 0 Å². The summed E-state index contributed by atoms with van der Waals surface area (Å²) < 4.78 is 5.46. The van der Waals surface area contributed by atoms with E-state index in [0.29, 0.717) is 23.9 Å². The van der Waals surface area contributed by atoms with Gasteiger partial charge in [0.15, 0.2) is 0 Å². The number of aliphatic hydroxyl groups is 1. The fourth-order valence-electron chi connectivity index (χ4n) is 3.88. The predicted octanol–water partition coefficient (Wildman–Crippen LogP) is 7.10. The molecule has 1 aromatic heterocycles. The molecule has 3 rings (SSSR count). The Morgan fingerprint density at radius 1 is 0.941 bits per heavy atom. The fourth-order valence-corrected chi connectivity index (χ4v) is 3.88. The highest BCUT2D eigenvalue weighted by Gasteiger charge is 2.27. The Balaban J connectivity index is 0.000000242. The Hall–Kier alpha value is -2.40. The molecule has 0 saturated heterocycles. The summed E-state index contributed by atoms with van der Waals surface area (Å²) in [7, 11) is 0. The monoisotopic (exact) mass is 467 g/mol. The van der Waals surface area contributed by atoms with Crippen molar-refractivity contribution in [3.8, 4) is 5.75 Å². The van der Waals surface area contributed by atoms with E-state index in [1.54, 1.807) is 4.80 Å². The summed E-state index contributed by atoms with van der Waals surface area (Å²) in [4.78, 5) is 1.78. The second-order valence-electron chi connectivity index (χ2n) is 11.5. The van der Waals surface area contributed by atoms with E-state index in [1.807, 2.05) is 25.1 Å². The van der Waals surface area contributed by atoms with Gasteiger partial charge < -0.3 is 9.84 Å². The topological polar surface area (TPSA) is 60.2 Å². The highest BCUT2D eigenvalue weighted by atomic mass is 16.5. The summed E-state index contributed by atoms with van der Waals surface area (Å²) >= 11 is 0. The SMILES string of the molecule is CC(CO)CC(c1ccccc1)C(C)(C)C.CCOc1ccc2nn(CCC(C)(C)C)nc2c1. The first-order valence-corrected chi connectivity index (χ1v) is 12.6. The van der Waals surface area contributed by atoms with Crippen LogP contribution in [0.2, 0.25) is 0 Å². The van der Waals surface area contributed by atoms with E-state index in [2.05, 4.69) is 89.0 Å². The van der Waals surface area contributed by atoms with Crippen LogP contribution in [0.1, 0.15) is 79.7 Å². The molecule has 0 aliphatic carbocycles. The van der Waals surface area contributed by atoms with Gasteiger partial charge in [-0.2, -0.15) is 15.0 Å². The number of fused-ring (bicyclic) bond motifs is 1. The summed E-state index contributed by atoms with van der Waals surface area (Å²) in [5, 5.41) is 18.1. The average molecular weight is 468 g/mol. The first kappa shape index (κ1) is 27.8. The molecule has 0 saturated carbocycles. The molecule has 1 heterocycles. The zero-order valence-electron chi connectivity index (χ0n) is 22.5. The molecule has 0 fully saturated rings. The lowest BCUT2D eigenvalue weighted by Crippen LogP contribution is -2.21. The number of hydrogen-bond donors (Lipinski definition) is 1. The van der Waals surface area contributed by atoms with Gasteiger partial charge in [0, 0.05) is 12.7 Å². The summed E-state index contributed by atoms with van der Waals surface area (Å²) in [6.07, 6.45) is 2.11. The van der Waals surface area contributed by atoms with E-state index in [-0.39, 0.29) is 12.0 Å². The lowest BCUT2D eigenvalue weighted by atomic mass is 9.72. The quantitative estimate of drug-likeness (QED) is 0.384. The zero-order chi connectivity index (χ0) is 25.4. The van der Waals surface area contributed by atoms with Crippen LogP contribution >= 0.6 is 0 Å². The number of rotatable bonds is 8. The maximum absolute atomic E-state index is 9.20. The summed E-state index contributed by atoms with van der Waals surface area (Å²) in [5.74, 6) is 1.73. The van der Waals surface area contributed by atoms with Crippen LogP contribution in [0, 0.1) is 16.7 Å². The second kappa shape index (κ2) is 12.3. The number of aryl methyl sites for hydroxylation is 1. The Morgan fingerprint density at radius 3 is 2.15 bits per heavy atom. The standard InChI is InChI=1S/C15H24O.C14H21N3O/c1-12(11-16)10-14(15(2,3)4)13-8-6-5-7-9-13;1-5-18-11-6-7-12-13(10-11)16-17(15-12)9-8-14(2,3)4/h5-9,12,14,16H,10-11H2,1-4H3;6-7,10H,5,8-9H2,1-4H3. The molecule has 0 bridgehead atoms. The third-order valence-electron chi connectivity index (χ3n) is 5.96. The minimum Gasteiger partial charge on any atom is -0.494 e. The third kappa shape index (κ3) is 9.09. The number of hydrogen-bond acceptors (Lipinski definition) is 4. The molecule has 2 aromatic carbocycles. The largest absolute Gasteiger partial charge is 0.494 e. The molecule has 34 heavy (non-hydrogen) atoms. The minimum atomic E-state index is 0.241. The molecule has 0 aliphatic rings. The predicted molar refractivity (Wildman–Crippen MR) is 142 cm³/mol. The van der Waals surface area contributed by atoms with Crippen molar-refractivity contribution in [2.45, 2.75) is 80.7 Å². The van der Waals surface area contributed by atoms with Crippen LogP contribution in [0.4, 0.5) is 0 Å². The van der Waals surface area contributed by atoms with E-state index in [9.17, 15) is 5.11 Å². The van der Waals surface area contributed by atoms with Crippen LogP contribution < -0.4 is 4.74 Å². The molecule has 0 spiro atoms. The lowest BCUT2D eigenvalue weighted by Gasteiger charge is -2.33. The Bertz CT molecular complexity index is 984. The normalized spacial score (nSPS) is 13.8. The zero-order valence-corrected chi connectivity index (χ0v) is 22.5. The maximum Gasteiger partial charge on any atom is 0.121 e. The molecular weight excluding hydrogens is 422 g/mol. The lowest BCUT2D eigenvalue weighted by molar-refractivity contribution is 0.194. The van der Waals surface area contributed by atoms with Gasteiger partial charge in [0.25, 0.3) is 0 Å². The van der Waals surface area contributed by atoms with Gasteiger partial charge in [-0.25, -0.2) is 0 Å². The van der Waals surface area contributed by atoms with Crippen LogP contribution in [0.25, 0.3) is 11.0 Å². The highest BCUT2D eigenvalue weighted by Crippen LogP contribution is 2.39. The van der Waals surface area contributed by atoms with Crippen molar-refractivity contribution in [1.82, 2.24) is 15.0 Å². The van der Waals surface area contributed by atoms with E-state index in [4.69, 9.17) is 4.74 Å². The molecule has 0 amide bonds. The van der Waals surface area contributed by atoms with Gasteiger partial charge in [-0.05, 0) is 60.1 Å². The smallest absolute Gasteiger partial charge is 0.121 e. The number of ether oxygens (including phenoxy) is 1.